The number of hydrogen-bond acceptors (Lipinski definition) is 4. The normalized spacial score (nSPS) is 9.53. The van der Waals surface area contributed by atoms with Crippen LogP contribution in [0.1, 0.15) is 27.6 Å². The van der Waals surface area contributed by atoms with Crippen molar-refractivity contribution in [2.24, 2.45) is 0 Å². The minimum absolute atomic E-state index is 0.211. The molecule has 0 saturated carbocycles. The maximum atomic E-state index is 11.3. The molecule has 80 valence electrons. The average molecular weight is 208 g/mol. The third-order valence-corrected chi connectivity index (χ3v) is 2.04. The molecule has 0 atom stereocenters. The lowest BCUT2D eigenvalue weighted by molar-refractivity contribution is 0.100. The molecule has 0 radical (unpaired) electrons. The lowest BCUT2D eigenvalue weighted by Gasteiger charge is -2.10. The molecular formula is C11H12O4. The Balaban J connectivity index is 3.46. The van der Waals surface area contributed by atoms with E-state index in [0.717, 1.165) is 0 Å². The Bertz CT molecular complexity index is 396. The second-order valence-corrected chi connectivity index (χ2v) is 2.97. The van der Waals surface area contributed by atoms with Crippen molar-refractivity contribution in [2.45, 2.75) is 6.92 Å². The van der Waals surface area contributed by atoms with Gasteiger partial charge in [0.25, 0.3) is 0 Å². The first-order valence-corrected chi connectivity index (χ1v) is 4.36. The fraction of sp³-hybridized carbons (Fsp3) is 0.273. The van der Waals surface area contributed by atoms with E-state index in [4.69, 9.17) is 9.47 Å². The highest BCUT2D eigenvalue weighted by Crippen LogP contribution is 2.28. The summed E-state index contributed by atoms with van der Waals surface area (Å²) in [5, 5.41) is 0. The molecule has 0 saturated heterocycles. The first-order chi connectivity index (χ1) is 7.13. The minimum atomic E-state index is -0.211. The first kappa shape index (κ1) is 11.2. The van der Waals surface area contributed by atoms with Crippen LogP contribution in [0.3, 0.4) is 0 Å². The summed E-state index contributed by atoms with van der Waals surface area (Å²) in [4.78, 5) is 22.1. The standard InChI is InChI=1S/C11H12O4/c1-7(13)11-8(6-12)4-9(14-2)5-10(11)15-3/h4-6H,1-3H3. The lowest BCUT2D eigenvalue weighted by atomic mass is 10.0. The second kappa shape index (κ2) is 4.59. The Hall–Kier alpha value is -1.84. The fourth-order valence-corrected chi connectivity index (χ4v) is 1.36. The fourth-order valence-electron chi connectivity index (χ4n) is 1.36. The molecule has 0 aliphatic carbocycles. The van der Waals surface area contributed by atoms with Gasteiger partial charge in [-0.05, 0) is 13.0 Å². The predicted molar refractivity (Wildman–Crippen MR) is 54.9 cm³/mol. The van der Waals surface area contributed by atoms with Gasteiger partial charge in [0.15, 0.2) is 12.1 Å². The van der Waals surface area contributed by atoms with Gasteiger partial charge >= 0.3 is 0 Å². The van der Waals surface area contributed by atoms with E-state index >= 15 is 0 Å². The summed E-state index contributed by atoms with van der Waals surface area (Å²) in [5.74, 6) is 0.625. The maximum Gasteiger partial charge on any atom is 0.164 e. The summed E-state index contributed by atoms with van der Waals surface area (Å²) in [5.41, 5.74) is 0.562. The first-order valence-electron chi connectivity index (χ1n) is 4.36. The molecule has 1 aromatic rings. The van der Waals surface area contributed by atoms with Crippen LogP contribution < -0.4 is 9.47 Å². The summed E-state index contributed by atoms with van der Waals surface area (Å²) in [7, 11) is 2.92. The molecular weight excluding hydrogens is 196 g/mol. The van der Waals surface area contributed by atoms with Crippen molar-refractivity contribution in [3.8, 4) is 11.5 Å². The summed E-state index contributed by atoms with van der Waals surface area (Å²) in [6.45, 7) is 1.39. The predicted octanol–water partition coefficient (Wildman–Crippen LogP) is 1.72. The molecule has 0 N–H and O–H groups in total. The number of methoxy groups -OCH3 is 2. The minimum Gasteiger partial charge on any atom is -0.497 e. The van der Waals surface area contributed by atoms with E-state index in [-0.39, 0.29) is 16.9 Å². The summed E-state index contributed by atoms with van der Waals surface area (Å²) in [6.07, 6.45) is 0.613. The Kier molecular flexibility index (Phi) is 3.44. The molecule has 1 rings (SSSR count). The zero-order chi connectivity index (χ0) is 11.4. The Morgan fingerprint density at radius 3 is 2.33 bits per heavy atom. The Morgan fingerprint density at radius 2 is 1.93 bits per heavy atom. The SMILES string of the molecule is COc1cc(C=O)c(C(C)=O)c(OC)c1. The smallest absolute Gasteiger partial charge is 0.164 e. The zero-order valence-corrected chi connectivity index (χ0v) is 8.87. The highest BCUT2D eigenvalue weighted by molar-refractivity contribution is 6.04. The number of benzene rings is 1. The van der Waals surface area contributed by atoms with E-state index in [1.807, 2.05) is 0 Å². The average Bonchev–Trinajstić information content (AvgIpc) is 2.26. The summed E-state index contributed by atoms with van der Waals surface area (Å²) in [6, 6.07) is 3.08. The van der Waals surface area contributed by atoms with Crippen molar-refractivity contribution < 1.29 is 19.1 Å². The number of ether oxygens (including phenoxy) is 2. The van der Waals surface area contributed by atoms with Crippen molar-refractivity contribution in [3.05, 3.63) is 23.3 Å². The maximum absolute atomic E-state index is 11.3. The number of Topliss-reactive ketones (excluding diaryl/α,β-unsaturated/α-hetero) is 1. The van der Waals surface area contributed by atoms with Crippen LogP contribution in [0, 0.1) is 0 Å². The number of hydrogen-bond donors (Lipinski definition) is 0. The molecule has 0 spiro atoms. The quantitative estimate of drug-likeness (QED) is 0.558. The molecule has 0 amide bonds. The van der Waals surface area contributed by atoms with Crippen LogP contribution in [-0.2, 0) is 0 Å². The van der Waals surface area contributed by atoms with E-state index in [1.54, 1.807) is 6.07 Å². The van der Waals surface area contributed by atoms with Gasteiger partial charge in [-0.1, -0.05) is 0 Å². The van der Waals surface area contributed by atoms with Crippen molar-refractivity contribution >= 4 is 12.1 Å². The van der Waals surface area contributed by atoms with Gasteiger partial charge in [-0.3, -0.25) is 9.59 Å². The largest absolute Gasteiger partial charge is 0.497 e. The molecule has 4 heteroatoms. The second-order valence-electron chi connectivity index (χ2n) is 2.97. The number of ketones is 1. The van der Waals surface area contributed by atoms with Crippen molar-refractivity contribution in [1.29, 1.82) is 0 Å². The molecule has 0 heterocycles. The Morgan fingerprint density at radius 1 is 1.27 bits per heavy atom. The topological polar surface area (TPSA) is 52.6 Å². The molecule has 0 fully saturated rings. The highest BCUT2D eigenvalue weighted by Gasteiger charge is 2.15. The molecule has 1 aromatic carbocycles. The van der Waals surface area contributed by atoms with Gasteiger partial charge in [-0.25, -0.2) is 0 Å². The van der Waals surface area contributed by atoms with Crippen molar-refractivity contribution in [1.82, 2.24) is 0 Å². The van der Waals surface area contributed by atoms with Gasteiger partial charge in [0, 0.05) is 11.6 Å². The van der Waals surface area contributed by atoms with E-state index in [1.165, 1.54) is 27.2 Å². The molecule has 0 aliphatic heterocycles. The molecule has 0 unspecified atom stereocenters. The molecule has 4 nitrogen and oxygen atoms in total. The van der Waals surface area contributed by atoms with Crippen LogP contribution in [0.25, 0.3) is 0 Å². The van der Waals surface area contributed by atoms with Gasteiger partial charge in [0.05, 0.1) is 19.8 Å². The summed E-state index contributed by atoms with van der Waals surface area (Å²) >= 11 is 0. The number of carbonyl (C=O) groups is 2. The monoisotopic (exact) mass is 208 g/mol. The van der Waals surface area contributed by atoms with Crippen LogP contribution in [0.4, 0.5) is 0 Å². The van der Waals surface area contributed by atoms with E-state index in [0.29, 0.717) is 17.8 Å². The van der Waals surface area contributed by atoms with E-state index in [2.05, 4.69) is 0 Å². The van der Waals surface area contributed by atoms with Crippen molar-refractivity contribution in [3.63, 3.8) is 0 Å². The third-order valence-electron chi connectivity index (χ3n) is 2.04. The van der Waals surface area contributed by atoms with Crippen LogP contribution >= 0.6 is 0 Å². The van der Waals surface area contributed by atoms with Crippen LogP contribution in [0.15, 0.2) is 12.1 Å². The molecule has 0 bridgehead atoms. The zero-order valence-electron chi connectivity index (χ0n) is 8.87. The lowest BCUT2D eigenvalue weighted by Crippen LogP contribution is -2.03. The van der Waals surface area contributed by atoms with Gasteiger partial charge in [0.2, 0.25) is 0 Å². The third kappa shape index (κ3) is 2.15. The van der Waals surface area contributed by atoms with Gasteiger partial charge in [-0.15, -0.1) is 0 Å². The van der Waals surface area contributed by atoms with Gasteiger partial charge in [0.1, 0.15) is 11.5 Å². The highest BCUT2D eigenvalue weighted by atomic mass is 16.5. The Labute approximate surface area is 87.8 Å². The van der Waals surface area contributed by atoms with Crippen LogP contribution in [0.2, 0.25) is 0 Å². The molecule has 0 aromatic heterocycles. The van der Waals surface area contributed by atoms with Crippen molar-refractivity contribution in [2.75, 3.05) is 14.2 Å². The van der Waals surface area contributed by atoms with Crippen LogP contribution in [-0.4, -0.2) is 26.3 Å². The van der Waals surface area contributed by atoms with Gasteiger partial charge < -0.3 is 9.47 Å². The number of carbonyl (C=O) groups excluding carboxylic acids is 2. The van der Waals surface area contributed by atoms with E-state index in [9.17, 15) is 9.59 Å². The van der Waals surface area contributed by atoms with Gasteiger partial charge in [-0.2, -0.15) is 0 Å². The number of rotatable bonds is 4. The summed E-state index contributed by atoms with van der Waals surface area (Å²) < 4.78 is 10.0. The molecule has 0 aliphatic rings. The molecule has 15 heavy (non-hydrogen) atoms. The van der Waals surface area contributed by atoms with Crippen LogP contribution in [0.5, 0.6) is 11.5 Å². The van der Waals surface area contributed by atoms with E-state index < -0.39 is 0 Å². The number of aldehydes is 1.